The quantitative estimate of drug-likeness (QED) is 0.187. The van der Waals surface area contributed by atoms with Gasteiger partial charge in [-0.3, -0.25) is 14.4 Å². The SMILES string of the molecule is CNC(=O)c1cc(-c2cccc(CN3O[C@@H](CN)[C@@H](C(C)OC(=O)NCCC4=CCCC=C4)[C@H]3C(=O)N[C@H]3C[C@H]4C[C@@H]([C@@H]3C)C4(C)C)c2OC)cc(N(C)C)c1. The van der Waals surface area contributed by atoms with E-state index in [0.29, 0.717) is 42.0 Å². The summed E-state index contributed by atoms with van der Waals surface area (Å²) in [6, 6.07) is 10.8. The van der Waals surface area contributed by atoms with Gasteiger partial charge in [0.2, 0.25) is 5.91 Å². The number of alkyl carbamates (subject to hydrolysis) is 1. The first kappa shape index (κ1) is 41.2. The topological polar surface area (TPSA) is 147 Å². The average molecular weight is 771 g/mol. The maximum atomic E-state index is 14.7. The van der Waals surface area contributed by atoms with Crippen LogP contribution in [-0.2, 0) is 20.9 Å². The molecule has 12 heteroatoms. The third kappa shape index (κ3) is 8.47. The van der Waals surface area contributed by atoms with E-state index >= 15 is 0 Å². The number of allylic oxidation sites excluding steroid dienone is 3. The summed E-state index contributed by atoms with van der Waals surface area (Å²) < 4.78 is 12.1. The van der Waals surface area contributed by atoms with E-state index < -0.39 is 30.3 Å². The smallest absolute Gasteiger partial charge is 0.407 e. The van der Waals surface area contributed by atoms with E-state index in [1.807, 2.05) is 62.3 Å². The Labute approximate surface area is 332 Å². The number of nitrogens with two attached hydrogens (primary N) is 1. The summed E-state index contributed by atoms with van der Waals surface area (Å²) in [5, 5.41) is 10.8. The van der Waals surface area contributed by atoms with Gasteiger partial charge in [-0.1, -0.05) is 62.8 Å². The second-order valence-electron chi connectivity index (χ2n) is 16.8. The average Bonchev–Trinajstić information content (AvgIpc) is 3.56. The molecule has 5 N–H and O–H groups in total. The van der Waals surface area contributed by atoms with E-state index in [4.69, 9.17) is 20.0 Å². The van der Waals surface area contributed by atoms with Gasteiger partial charge in [0.15, 0.2) is 0 Å². The summed E-state index contributed by atoms with van der Waals surface area (Å²) in [6.45, 7) is 9.51. The minimum absolute atomic E-state index is 0.0257. The minimum atomic E-state index is -0.812. The number of nitrogens with one attached hydrogen (secondary N) is 3. The van der Waals surface area contributed by atoms with Crippen molar-refractivity contribution in [3.05, 3.63) is 71.3 Å². The Morgan fingerprint density at radius 2 is 1.91 bits per heavy atom. The summed E-state index contributed by atoms with van der Waals surface area (Å²) in [7, 11) is 7.09. The number of rotatable bonds is 14. The number of carbonyl (C=O) groups is 3. The van der Waals surface area contributed by atoms with E-state index in [1.165, 1.54) is 12.0 Å². The molecule has 1 unspecified atom stereocenters. The molecule has 2 aromatic carbocycles. The molecule has 304 valence electrons. The molecule has 3 saturated carbocycles. The molecule has 0 spiro atoms. The van der Waals surface area contributed by atoms with Crippen molar-refractivity contribution in [3.8, 4) is 16.9 Å². The molecule has 1 heterocycles. The predicted octanol–water partition coefficient (Wildman–Crippen LogP) is 5.82. The third-order valence-electron chi connectivity index (χ3n) is 13.0. The maximum absolute atomic E-state index is 14.7. The van der Waals surface area contributed by atoms with Gasteiger partial charge in [0.05, 0.1) is 25.7 Å². The maximum Gasteiger partial charge on any atom is 0.407 e. The summed E-state index contributed by atoms with van der Waals surface area (Å²) in [6.07, 6.45) is 9.49. The standard InChI is InChI=1S/C44H62N6O6/c1-26-35-22-32(44(35,3)4)23-36(26)48-42(52)39-38(27(2)55-43(53)47-18-17-28-13-10-9-11-14-28)37(24-45)56-50(39)25-29-15-12-16-34(40(29)54-8)30-19-31(41(51)46-5)21-33(20-30)49(6)7/h10,12-16,19-21,26-27,32,35-39H,9,11,17-18,22-25,45H2,1-8H3,(H,46,51)(H,47,53)(H,48,52)/t26-,27?,32+,35-,36-,37-,38+,39-/m0/s1. The van der Waals surface area contributed by atoms with Crippen LogP contribution in [0.15, 0.2) is 60.2 Å². The van der Waals surface area contributed by atoms with E-state index in [-0.39, 0.29) is 36.4 Å². The van der Waals surface area contributed by atoms with Gasteiger partial charge < -0.3 is 36.1 Å². The Morgan fingerprint density at radius 3 is 2.55 bits per heavy atom. The minimum Gasteiger partial charge on any atom is -0.496 e. The highest BCUT2D eigenvalue weighted by Gasteiger charge is 2.57. The molecule has 3 amide bonds. The number of methoxy groups -OCH3 is 1. The van der Waals surface area contributed by atoms with E-state index in [2.05, 4.69) is 54.9 Å². The van der Waals surface area contributed by atoms with Crippen molar-refractivity contribution >= 4 is 23.6 Å². The number of nitrogens with zero attached hydrogens (tertiary/aromatic N) is 2. The summed E-state index contributed by atoms with van der Waals surface area (Å²) >= 11 is 0. The van der Waals surface area contributed by atoms with Gasteiger partial charge >= 0.3 is 6.09 Å². The van der Waals surface area contributed by atoms with Gasteiger partial charge in [0.1, 0.15) is 17.9 Å². The molecule has 1 saturated heterocycles. The highest BCUT2D eigenvalue weighted by atomic mass is 16.7. The van der Waals surface area contributed by atoms with Gasteiger partial charge in [0.25, 0.3) is 5.91 Å². The number of benzene rings is 2. The van der Waals surface area contributed by atoms with Crippen molar-refractivity contribution in [1.29, 1.82) is 0 Å². The fraction of sp³-hybridized carbons (Fsp3) is 0.568. The first-order chi connectivity index (χ1) is 26.8. The molecule has 0 aromatic heterocycles. The van der Waals surface area contributed by atoms with Crippen LogP contribution in [0.1, 0.15) is 75.7 Å². The second-order valence-corrected chi connectivity index (χ2v) is 16.8. The van der Waals surface area contributed by atoms with Crippen LogP contribution < -0.4 is 31.3 Å². The highest BCUT2D eigenvalue weighted by molar-refractivity contribution is 5.97. The fourth-order valence-corrected chi connectivity index (χ4v) is 9.61. The molecule has 12 nitrogen and oxygen atoms in total. The largest absolute Gasteiger partial charge is 0.496 e. The van der Waals surface area contributed by atoms with Crippen molar-refractivity contribution in [2.24, 2.45) is 34.8 Å². The van der Waals surface area contributed by atoms with Crippen LogP contribution in [0, 0.1) is 29.1 Å². The van der Waals surface area contributed by atoms with Gasteiger partial charge in [0, 0.05) is 62.7 Å². The Balaban J connectivity index is 1.28. The normalized spacial score (nSPS) is 27.0. The second kappa shape index (κ2) is 17.4. The number of carbonyl (C=O) groups excluding carboxylic acids is 3. The zero-order chi connectivity index (χ0) is 40.3. The lowest BCUT2D eigenvalue weighted by Crippen LogP contribution is -2.62. The van der Waals surface area contributed by atoms with Crippen LogP contribution in [-0.4, -0.2) is 88.6 Å². The summed E-state index contributed by atoms with van der Waals surface area (Å²) in [5.41, 5.74) is 11.6. The molecule has 4 aliphatic carbocycles. The van der Waals surface area contributed by atoms with Gasteiger partial charge in [-0.15, -0.1) is 0 Å². The number of hydrogen-bond donors (Lipinski definition) is 4. The Morgan fingerprint density at radius 1 is 1.12 bits per heavy atom. The number of fused-ring (bicyclic) bond motifs is 2. The van der Waals surface area contributed by atoms with Crippen molar-refractivity contribution in [2.75, 3.05) is 46.2 Å². The first-order valence-corrected chi connectivity index (χ1v) is 20.2. The number of para-hydroxylation sites is 1. The number of hydrogen-bond acceptors (Lipinski definition) is 9. The molecule has 8 atom stereocenters. The van der Waals surface area contributed by atoms with Gasteiger partial charge in [-0.05, 0) is 86.0 Å². The molecule has 2 bridgehead atoms. The molecule has 56 heavy (non-hydrogen) atoms. The molecule has 5 aliphatic rings. The molecule has 0 radical (unpaired) electrons. The monoisotopic (exact) mass is 770 g/mol. The number of anilines is 1. The molecule has 7 rings (SSSR count). The zero-order valence-corrected chi connectivity index (χ0v) is 34.4. The summed E-state index contributed by atoms with van der Waals surface area (Å²) in [4.78, 5) is 49.2. The van der Waals surface area contributed by atoms with Crippen molar-refractivity contribution in [1.82, 2.24) is 21.0 Å². The van der Waals surface area contributed by atoms with Crippen LogP contribution in [0.25, 0.3) is 11.1 Å². The molecule has 1 aliphatic heterocycles. The molecular formula is C44H62N6O6. The molecular weight excluding hydrogens is 709 g/mol. The zero-order valence-electron chi connectivity index (χ0n) is 34.4. The van der Waals surface area contributed by atoms with E-state index in [0.717, 1.165) is 41.6 Å². The Kier molecular flexibility index (Phi) is 12.8. The number of ether oxygens (including phenoxy) is 2. The fourth-order valence-electron chi connectivity index (χ4n) is 9.61. The van der Waals surface area contributed by atoms with Crippen molar-refractivity contribution < 1.29 is 28.7 Å². The molecule has 2 aromatic rings. The van der Waals surface area contributed by atoms with E-state index in [9.17, 15) is 14.4 Å². The van der Waals surface area contributed by atoms with Crippen LogP contribution >= 0.6 is 0 Å². The van der Waals surface area contributed by atoms with Crippen LogP contribution in [0.5, 0.6) is 5.75 Å². The van der Waals surface area contributed by atoms with Crippen LogP contribution in [0.2, 0.25) is 0 Å². The van der Waals surface area contributed by atoms with Crippen molar-refractivity contribution in [2.45, 2.75) is 90.6 Å². The third-order valence-corrected chi connectivity index (χ3v) is 13.0. The lowest BCUT2D eigenvalue weighted by Gasteiger charge is -2.62. The van der Waals surface area contributed by atoms with Crippen LogP contribution in [0.4, 0.5) is 10.5 Å². The Hall–Kier alpha value is -4.39. The van der Waals surface area contributed by atoms with E-state index in [1.54, 1.807) is 19.2 Å². The molecule has 4 fully saturated rings. The predicted molar refractivity (Wildman–Crippen MR) is 219 cm³/mol. The highest BCUT2D eigenvalue weighted by Crippen LogP contribution is 2.61. The van der Waals surface area contributed by atoms with Gasteiger partial charge in [-0.2, -0.15) is 5.06 Å². The van der Waals surface area contributed by atoms with Crippen molar-refractivity contribution in [3.63, 3.8) is 0 Å². The summed E-state index contributed by atoms with van der Waals surface area (Å²) in [5.74, 6) is 1.10. The Bertz CT molecular complexity index is 1820. The lowest BCUT2D eigenvalue weighted by atomic mass is 9.45. The van der Waals surface area contributed by atoms with Gasteiger partial charge in [-0.25, -0.2) is 4.79 Å². The lowest BCUT2D eigenvalue weighted by molar-refractivity contribution is -0.175. The van der Waals surface area contributed by atoms with Crippen LogP contribution in [0.3, 0.4) is 0 Å². The number of amides is 3. The number of hydroxylamine groups is 2. The first-order valence-electron chi connectivity index (χ1n) is 20.2.